The molecule has 7 aromatic carbocycles. The van der Waals surface area contributed by atoms with Crippen LogP contribution < -0.4 is 0 Å². The Balaban J connectivity index is 1.35. The van der Waals surface area contributed by atoms with Crippen LogP contribution in [0.1, 0.15) is 0 Å². The number of rotatable bonds is 3. The number of hydrogen-bond acceptors (Lipinski definition) is 4. The molecule has 3 nitrogen and oxygen atoms in total. The molecule has 0 saturated carbocycles. The van der Waals surface area contributed by atoms with E-state index in [1.807, 2.05) is 6.07 Å². The Morgan fingerprint density at radius 1 is 0.457 bits per heavy atom. The lowest BCUT2D eigenvalue weighted by Gasteiger charge is -2.11. The van der Waals surface area contributed by atoms with E-state index in [-0.39, 0.29) is 0 Å². The molecule has 0 atom stereocenters. The van der Waals surface area contributed by atoms with E-state index in [1.165, 1.54) is 21.0 Å². The molecular formula is C42H24N2OS. The predicted octanol–water partition coefficient (Wildman–Crippen LogP) is 12.1. The lowest BCUT2D eigenvalue weighted by Crippen LogP contribution is -1.94. The van der Waals surface area contributed by atoms with Gasteiger partial charge in [0.25, 0.3) is 0 Å². The Bertz CT molecular complexity index is 2810. The van der Waals surface area contributed by atoms with Gasteiger partial charge < -0.3 is 4.42 Å². The summed E-state index contributed by atoms with van der Waals surface area (Å²) in [5.41, 5.74) is 7.86. The van der Waals surface area contributed by atoms with Gasteiger partial charge in [-0.2, -0.15) is 0 Å². The second-order valence-electron chi connectivity index (χ2n) is 11.7. The van der Waals surface area contributed by atoms with Crippen LogP contribution in [0.15, 0.2) is 150 Å². The first kappa shape index (κ1) is 25.5. The number of furan rings is 1. The van der Waals surface area contributed by atoms with Gasteiger partial charge in [-0.15, -0.1) is 11.3 Å². The van der Waals surface area contributed by atoms with Crippen LogP contribution in [0.5, 0.6) is 0 Å². The van der Waals surface area contributed by atoms with Crippen LogP contribution in [0.25, 0.3) is 97.6 Å². The van der Waals surface area contributed by atoms with Gasteiger partial charge in [-0.3, -0.25) is 0 Å². The second kappa shape index (κ2) is 9.83. The number of aromatic nitrogens is 2. The summed E-state index contributed by atoms with van der Waals surface area (Å²) in [6.07, 6.45) is 0. The fourth-order valence-corrected chi connectivity index (χ4v) is 8.13. The minimum Gasteiger partial charge on any atom is -0.455 e. The summed E-state index contributed by atoms with van der Waals surface area (Å²) in [5, 5.41) is 7.97. The quantitative estimate of drug-likeness (QED) is 0.201. The maximum atomic E-state index is 6.97. The van der Waals surface area contributed by atoms with E-state index in [4.69, 9.17) is 14.4 Å². The molecule has 0 saturated heterocycles. The van der Waals surface area contributed by atoms with Crippen LogP contribution in [0.2, 0.25) is 0 Å². The smallest absolute Gasteiger partial charge is 0.164 e. The van der Waals surface area contributed by atoms with Crippen LogP contribution >= 0.6 is 11.3 Å². The minimum atomic E-state index is 0.660. The molecule has 0 spiro atoms. The van der Waals surface area contributed by atoms with Crippen molar-refractivity contribution in [3.8, 4) is 33.8 Å². The molecule has 0 N–H and O–H groups in total. The molecule has 46 heavy (non-hydrogen) atoms. The van der Waals surface area contributed by atoms with Crippen molar-refractivity contribution in [1.82, 2.24) is 9.97 Å². The summed E-state index contributed by atoms with van der Waals surface area (Å²) in [4.78, 5) is 10.6. The average molecular weight is 605 g/mol. The van der Waals surface area contributed by atoms with Crippen LogP contribution in [0.3, 0.4) is 0 Å². The number of nitrogens with zero attached hydrogens (tertiary/aromatic N) is 2. The van der Waals surface area contributed by atoms with Gasteiger partial charge in [-0.25, -0.2) is 9.97 Å². The molecule has 4 heteroatoms. The fourth-order valence-electron chi connectivity index (χ4n) is 6.97. The van der Waals surface area contributed by atoms with Gasteiger partial charge in [-0.1, -0.05) is 127 Å². The Hall–Kier alpha value is -5.84. The zero-order valence-corrected chi connectivity index (χ0v) is 25.4. The molecule has 10 aromatic rings. The van der Waals surface area contributed by atoms with Gasteiger partial charge in [0, 0.05) is 31.8 Å². The molecule has 214 valence electrons. The molecule has 3 aromatic heterocycles. The summed E-state index contributed by atoms with van der Waals surface area (Å²) in [6.45, 7) is 0. The van der Waals surface area contributed by atoms with E-state index in [0.717, 1.165) is 70.7 Å². The van der Waals surface area contributed by atoms with E-state index >= 15 is 0 Å². The van der Waals surface area contributed by atoms with Gasteiger partial charge in [0.1, 0.15) is 11.2 Å². The molecule has 0 amide bonds. The standard InChI is InChI=1S/C42H24N2OS/c1-2-13-27(14-3-1)37-41-38(32-18-8-9-20-35(32)46-41)44-42(43-37)34-24-23-31(30-19-10-15-25-11-4-6-16-28(25)30)36-33-22-21-26-12-5-7-17-29(26)39(33)45-40(34)36/h1-24H. The third-order valence-electron chi connectivity index (χ3n) is 9.10. The van der Waals surface area contributed by atoms with Crippen molar-refractivity contribution in [2.45, 2.75) is 0 Å². The molecule has 0 aliphatic carbocycles. The highest BCUT2D eigenvalue weighted by atomic mass is 32.1. The summed E-state index contributed by atoms with van der Waals surface area (Å²) in [6, 6.07) is 51.2. The maximum absolute atomic E-state index is 6.97. The van der Waals surface area contributed by atoms with Crippen molar-refractivity contribution in [1.29, 1.82) is 0 Å². The van der Waals surface area contributed by atoms with Gasteiger partial charge >= 0.3 is 0 Å². The molecule has 0 radical (unpaired) electrons. The third-order valence-corrected chi connectivity index (χ3v) is 10.3. The van der Waals surface area contributed by atoms with Crippen molar-refractivity contribution in [2.75, 3.05) is 0 Å². The minimum absolute atomic E-state index is 0.660. The molecule has 3 heterocycles. The number of benzene rings is 7. The van der Waals surface area contributed by atoms with E-state index in [0.29, 0.717) is 5.82 Å². The summed E-state index contributed by atoms with van der Waals surface area (Å²) in [5.74, 6) is 0.660. The molecule has 0 fully saturated rings. The number of hydrogen-bond donors (Lipinski definition) is 0. The topological polar surface area (TPSA) is 38.9 Å². The number of fused-ring (bicyclic) bond motifs is 9. The van der Waals surface area contributed by atoms with Crippen molar-refractivity contribution >= 4 is 75.1 Å². The molecular weight excluding hydrogens is 581 g/mol. The fraction of sp³-hybridized carbons (Fsp3) is 0. The molecule has 0 aliphatic rings. The second-order valence-corrected chi connectivity index (χ2v) is 12.7. The lowest BCUT2D eigenvalue weighted by atomic mass is 9.93. The Morgan fingerprint density at radius 3 is 2.02 bits per heavy atom. The normalized spacial score (nSPS) is 11.9. The zero-order chi connectivity index (χ0) is 30.2. The van der Waals surface area contributed by atoms with Crippen molar-refractivity contribution in [3.05, 3.63) is 146 Å². The highest BCUT2D eigenvalue weighted by Gasteiger charge is 2.23. The van der Waals surface area contributed by atoms with Crippen LogP contribution in [-0.2, 0) is 0 Å². The highest BCUT2D eigenvalue weighted by Crippen LogP contribution is 2.46. The Kier molecular flexibility index (Phi) is 5.45. The third kappa shape index (κ3) is 3.71. The van der Waals surface area contributed by atoms with E-state index in [2.05, 4.69) is 140 Å². The zero-order valence-electron chi connectivity index (χ0n) is 24.6. The summed E-state index contributed by atoms with van der Waals surface area (Å²) >= 11 is 1.75. The SMILES string of the molecule is c1ccc(-c2nc(-c3ccc(-c4cccc5ccccc45)c4c3oc3c5ccccc5ccc34)nc3c2sc2ccccc23)cc1. The molecule has 0 aliphatic heterocycles. The summed E-state index contributed by atoms with van der Waals surface area (Å²) < 4.78 is 9.27. The van der Waals surface area contributed by atoms with E-state index in [1.54, 1.807) is 11.3 Å². The van der Waals surface area contributed by atoms with E-state index < -0.39 is 0 Å². The first-order chi connectivity index (χ1) is 22.8. The largest absolute Gasteiger partial charge is 0.455 e. The van der Waals surface area contributed by atoms with Crippen LogP contribution in [0.4, 0.5) is 0 Å². The predicted molar refractivity (Wildman–Crippen MR) is 194 cm³/mol. The summed E-state index contributed by atoms with van der Waals surface area (Å²) in [7, 11) is 0. The first-order valence-corrected chi connectivity index (χ1v) is 16.2. The number of thiophene rings is 1. The molecule has 0 bridgehead atoms. The van der Waals surface area contributed by atoms with Gasteiger partial charge in [0.2, 0.25) is 0 Å². The maximum Gasteiger partial charge on any atom is 0.164 e. The lowest BCUT2D eigenvalue weighted by molar-refractivity contribution is 0.673. The van der Waals surface area contributed by atoms with Crippen molar-refractivity contribution in [3.63, 3.8) is 0 Å². The van der Waals surface area contributed by atoms with Crippen molar-refractivity contribution < 1.29 is 4.42 Å². The van der Waals surface area contributed by atoms with Crippen molar-refractivity contribution in [2.24, 2.45) is 0 Å². The van der Waals surface area contributed by atoms with Gasteiger partial charge in [0.05, 0.1) is 21.5 Å². The highest BCUT2D eigenvalue weighted by molar-refractivity contribution is 7.26. The van der Waals surface area contributed by atoms with Crippen LogP contribution in [-0.4, -0.2) is 9.97 Å². The van der Waals surface area contributed by atoms with Gasteiger partial charge in [-0.05, 0) is 45.5 Å². The molecule has 0 unspecified atom stereocenters. The average Bonchev–Trinajstić information content (AvgIpc) is 3.70. The monoisotopic (exact) mass is 604 g/mol. The van der Waals surface area contributed by atoms with E-state index in [9.17, 15) is 0 Å². The first-order valence-electron chi connectivity index (χ1n) is 15.4. The van der Waals surface area contributed by atoms with Crippen LogP contribution in [0, 0.1) is 0 Å². The van der Waals surface area contributed by atoms with Gasteiger partial charge in [0.15, 0.2) is 5.82 Å². The Morgan fingerprint density at radius 2 is 1.15 bits per heavy atom. The molecule has 10 rings (SSSR count). The Labute approximate surface area is 268 Å².